The van der Waals surface area contributed by atoms with Gasteiger partial charge in [-0.05, 0) is 35.4 Å². The minimum atomic E-state index is -0.458. The van der Waals surface area contributed by atoms with Crippen molar-refractivity contribution < 1.29 is 9.84 Å². The second kappa shape index (κ2) is 7.84. The van der Waals surface area contributed by atoms with Gasteiger partial charge in [0.05, 0.1) is 0 Å². The summed E-state index contributed by atoms with van der Waals surface area (Å²) in [5.74, 6) is 1.64. The highest BCUT2D eigenvalue weighted by atomic mass is 16.5. The fourth-order valence-electron chi connectivity index (χ4n) is 3.73. The van der Waals surface area contributed by atoms with Gasteiger partial charge in [0.1, 0.15) is 17.2 Å². The van der Waals surface area contributed by atoms with Gasteiger partial charge in [-0.2, -0.15) is 0 Å². The van der Waals surface area contributed by atoms with Gasteiger partial charge in [0.2, 0.25) is 0 Å². The molecule has 144 valence electrons. The maximum absolute atomic E-state index is 11.0. The van der Waals surface area contributed by atoms with E-state index in [-0.39, 0.29) is 5.75 Å². The molecule has 2 nitrogen and oxygen atoms in total. The molecule has 0 bridgehead atoms. The maximum Gasteiger partial charge on any atom is 0.143 e. The number of benzene rings is 4. The first-order chi connectivity index (χ1) is 14.1. The number of para-hydroxylation sites is 1. The van der Waals surface area contributed by atoms with Crippen molar-refractivity contribution in [1.82, 2.24) is 0 Å². The van der Waals surface area contributed by atoms with E-state index in [1.807, 2.05) is 72.8 Å². The van der Waals surface area contributed by atoms with Gasteiger partial charge in [0, 0.05) is 16.5 Å². The van der Waals surface area contributed by atoms with Crippen LogP contribution in [0.5, 0.6) is 17.2 Å². The Hall–Kier alpha value is -3.52. The molecule has 0 spiro atoms. The first-order valence-electron chi connectivity index (χ1n) is 9.77. The van der Waals surface area contributed by atoms with Crippen LogP contribution in [0.15, 0.2) is 103 Å². The van der Waals surface area contributed by atoms with Crippen molar-refractivity contribution in [3.63, 3.8) is 0 Å². The number of ether oxygens (including phenoxy) is 1. The van der Waals surface area contributed by atoms with Crippen LogP contribution in [0.4, 0.5) is 0 Å². The Labute approximate surface area is 172 Å². The molecule has 0 fully saturated rings. The molecule has 0 radical (unpaired) electrons. The molecule has 0 unspecified atom stereocenters. The monoisotopic (exact) mass is 380 g/mol. The third-order valence-electron chi connectivity index (χ3n) is 5.30. The standard InChI is InChI=1S/C27H24O2/c1-27(2,21-14-8-4-9-15-21)25-24(28)19-18-23(20-12-6-3-7-13-20)26(25)29-22-16-10-5-11-17-22/h3-19,28H,1-2H3. The van der Waals surface area contributed by atoms with E-state index in [9.17, 15) is 5.11 Å². The molecule has 4 aromatic rings. The van der Waals surface area contributed by atoms with Crippen LogP contribution in [-0.2, 0) is 5.41 Å². The molecule has 0 aliphatic carbocycles. The molecule has 0 aliphatic rings. The Balaban J connectivity index is 1.97. The van der Waals surface area contributed by atoms with Crippen LogP contribution < -0.4 is 4.74 Å². The molecular formula is C27H24O2. The Morgan fingerprint density at radius 2 is 1.21 bits per heavy atom. The van der Waals surface area contributed by atoms with Crippen LogP contribution in [0.2, 0.25) is 0 Å². The zero-order valence-electron chi connectivity index (χ0n) is 16.7. The van der Waals surface area contributed by atoms with Crippen LogP contribution in [0.1, 0.15) is 25.0 Å². The van der Waals surface area contributed by atoms with E-state index in [4.69, 9.17) is 4.74 Å². The van der Waals surface area contributed by atoms with Gasteiger partial charge in [0.25, 0.3) is 0 Å². The van der Waals surface area contributed by atoms with Crippen molar-refractivity contribution in [2.24, 2.45) is 0 Å². The van der Waals surface area contributed by atoms with Gasteiger partial charge in [-0.1, -0.05) is 92.7 Å². The molecule has 0 aliphatic heterocycles. The predicted molar refractivity (Wildman–Crippen MR) is 119 cm³/mol. The molecule has 0 heterocycles. The normalized spacial score (nSPS) is 11.2. The van der Waals surface area contributed by atoms with E-state index in [1.54, 1.807) is 6.07 Å². The fraction of sp³-hybridized carbons (Fsp3) is 0.111. The molecular weight excluding hydrogens is 356 g/mol. The van der Waals surface area contributed by atoms with Gasteiger partial charge in [0.15, 0.2) is 0 Å². The quantitative estimate of drug-likeness (QED) is 0.397. The molecule has 1 N–H and O–H groups in total. The van der Waals surface area contributed by atoms with Gasteiger partial charge >= 0.3 is 0 Å². The molecule has 4 aromatic carbocycles. The van der Waals surface area contributed by atoms with E-state index in [0.29, 0.717) is 5.75 Å². The molecule has 0 saturated heterocycles. The summed E-state index contributed by atoms with van der Waals surface area (Å²) in [6.45, 7) is 4.23. The topological polar surface area (TPSA) is 29.5 Å². The van der Waals surface area contributed by atoms with E-state index in [0.717, 1.165) is 28.0 Å². The summed E-state index contributed by atoms with van der Waals surface area (Å²) in [5, 5.41) is 11.0. The SMILES string of the molecule is CC(C)(c1ccccc1)c1c(O)ccc(-c2ccccc2)c1Oc1ccccc1. The first-order valence-corrected chi connectivity index (χ1v) is 9.77. The largest absolute Gasteiger partial charge is 0.507 e. The number of hydrogen-bond donors (Lipinski definition) is 1. The van der Waals surface area contributed by atoms with Crippen molar-refractivity contribution in [3.05, 3.63) is 114 Å². The molecule has 2 heteroatoms. The maximum atomic E-state index is 11.0. The van der Waals surface area contributed by atoms with Crippen molar-refractivity contribution >= 4 is 0 Å². The number of phenols is 1. The second-order valence-electron chi connectivity index (χ2n) is 7.61. The summed E-state index contributed by atoms with van der Waals surface area (Å²) >= 11 is 0. The van der Waals surface area contributed by atoms with Crippen LogP contribution in [0.3, 0.4) is 0 Å². The third kappa shape index (κ3) is 3.74. The zero-order valence-corrected chi connectivity index (χ0v) is 16.7. The van der Waals surface area contributed by atoms with Gasteiger partial charge in [-0.15, -0.1) is 0 Å². The Bertz CT molecular complexity index is 1090. The van der Waals surface area contributed by atoms with Crippen molar-refractivity contribution in [3.8, 4) is 28.4 Å². The zero-order chi connectivity index (χ0) is 20.3. The summed E-state index contributed by atoms with van der Waals surface area (Å²) in [7, 11) is 0. The lowest BCUT2D eigenvalue weighted by Crippen LogP contribution is -2.20. The molecule has 0 atom stereocenters. The van der Waals surface area contributed by atoms with E-state index in [1.165, 1.54) is 0 Å². The van der Waals surface area contributed by atoms with Crippen molar-refractivity contribution in [1.29, 1.82) is 0 Å². The van der Waals surface area contributed by atoms with Gasteiger partial charge in [-0.3, -0.25) is 0 Å². The lowest BCUT2D eigenvalue weighted by Gasteiger charge is -2.30. The van der Waals surface area contributed by atoms with Crippen molar-refractivity contribution in [2.45, 2.75) is 19.3 Å². The minimum Gasteiger partial charge on any atom is -0.507 e. The molecule has 4 rings (SSSR count). The Kier molecular flexibility index (Phi) is 5.09. The molecule has 0 saturated carbocycles. The van der Waals surface area contributed by atoms with Crippen molar-refractivity contribution in [2.75, 3.05) is 0 Å². The van der Waals surface area contributed by atoms with E-state index >= 15 is 0 Å². The summed E-state index contributed by atoms with van der Waals surface area (Å²) in [4.78, 5) is 0. The smallest absolute Gasteiger partial charge is 0.143 e. The van der Waals surface area contributed by atoms with Crippen LogP contribution in [0.25, 0.3) is 11.1 Å². The van der Waals surface area contributed by atoms with E-state index in [2.05, 4.69) is 38.1 Å². The van der Waals surface area contributed by atoms with Crippen LogP contribution >= 0.6 is 0 Å². The lowest BCUT2D eigenvalue weighted by atomic mass is 9.76. The average Bonchev–Trinajstić information content (AvgIpc) is 2.76. The van der Waals surface area contributed by atoms with Crippen LogP contribution in [0, 0.1) is 0 Å². The number of aromatic hydroxyl groups is 1. The number of phenolic OH excluding ortho intramolecular Hbond substituents is 1. The molecule has 0 aromatic heterocycles. The minimum absolute atomic E-state index is 0.226. The second-order valence-corrected chi connectivity index (χ2v) is 7.61. The number of rotatable bonds is 5. The average molecular weight is 380 g/mol. The summed E-state index contributed by atoms with van der Waals surface area (Å²) < 4.78 is 6.42. The summed E-state index contributed by atoms with van der Waals surface area (Å²) in [6.07, 6.45) is 0. The summed E-state index contributed by atoms with van der Waals surface area (Å²) in [5.41, 5.74) is 3.42. The molecule has 0 amide bonds. The summed E-state index contributed by atoms with van der Waals surface area (Å²) in [6, 6.07) is 33.7. The highest BCUT2D eigenvalue weighted by Gasteiger charge is 2.32. The number of hydrogen-bond acceptors (Lipinski definition) is 2. The highest BCUT2D eigenvalue weighted by molar-refractivity contribution is 5.76. The molecule has 29 heavy (non-hydrogen) atoms. The Morgan fingerprint density at radius 3 is 1.83 bits per heavy atom. The highest BCUT2D eigenvalue weighted by Crippen LogP contribution is 2.48. The third-order valence-corrected chi connectivity index (χ3v) is 5.30. The fourth-order valence-corrected chi connectivity index (χ4v) is 3.73. The van der Waals surface area contributed by atoms with Crippen LogP contribution in [-0.4, -0.2) is 5.11 Å². The lowest BCUT2D eigenvalue weighted by molar-refractivity contribution is 0.424. The first kappa shape index (κ1) is 18.8. The Morgan fingerprint density at radius 1 is 0.655 bits per heavy atom. The van der Waals surface area contributed by atoms with E-state index < -0.39 is 5.41 Å². The van der Waals surface area contributed by atoms with Gasteiger partial charge in [-0.25, -0.2) is 0 Å². The predicted octanol–water partition coefficient (Wildman–Crippen LogP) is 7.18. The van der Waals surface area contributed by atoms with Gasteiger partial charge < -0.3 is 9.84 Å².